The summed E-state index contributed by atoms with van der Waals surface area (Å²) in [6.45, 7) is 2.61. The molecule has 0 radical (unpaired) electrons. The Morgan fingerprint density at radius 2 is 2.00 bits per heavy atom. The molecular weight excluding hydrogens is 268 g/mol. The molecule has 0 amide bonds. The molecule has 84 valence electrons. The minimum atomic E-state index is 0.0276. The van der Waals surface area contributed by atoms with Crippen molar-refractivity contribution in [2.75, 3.05) is 0 Å². The molecular formula is C12H13BrN2O. The monoisotopic (exact) mass is 280 g/mol. The first-order valence-corrected chi connectivity index (χ1v) is 6.01. The molecule has 1 aromatic heterocycles. The number of aromatic amines is 1. The fourth-order valence-corrected chi connectivity index (χ4v) is 1.82. The van der Waals surface area contributed by atoms with Crippen LogP contribution in [0.1, 0.15) is 18.2 Å². The number of aryl methyl sites for hydroxylation is 1. The first-order chi connectivity index (χ1) is 7.69. The Kier molecular flexibility index (Phi) is 3.29. The number of rotatable bonds is 3. The predicted octanol–water partition coefficient (Wildman–Crippen LogP) is 2.55. The minimum Gasteiger partial charge on any atom is -0.299 e. The Hall–Kier alpha value is -1.29. The van der Waals surface area contributed by atoms with Crippen LogP contribution < -0.4 is 5.56 Å². The molecule has 0 fully saturated rings. The molecule has 2 rings (SSSR count). The lowest BCUT2D eigenvalue weighted by Crippen LogP contribution is -2.16. The average Bonchev–Trinajstić information content (AvgIpc) is 2.63. The summed E-state index contributed by atoms with van der Waals surface area (Å²) >= 11 is 3.38. The first-order valence-electron chi connectivity index (χ1n) is 5.22. The Balaban J connectivity index is 2.23. The van der Waals surface area contributed by atoms with Gasteiger partial charge in [-0.2, -0.15) is 0 Å². The molecule has 0 saturated heterocycles. The topological polar surface area (TPSA) is 37.8 Å². The maximum atomic E-state index is 11.6. The Morgan fingerprint density at radius 3 is 2.56 bits per heavy atom. The molecule has 2 aromatic rings. The van der Waals surface area contributed by atoms with Crippen molar-refractivity contribution in [2.45, 2.75) is 19.9 Å². The fraction of sp³-hybridized carbons (Fsp3) is 0.250. The molecule has 0 bridgehead atoms. The van der Waals surface area contributed by atoms with Gasteiger partial charge in [-0.15, -0.1) is 0 Å². The van der Waals surface area contributed by atoms with E-state index in [9.17, 15) is 4.79 Å². The van der Waals surface area contributed by atoms with Gasteiger partial charge in [0.15, 0.2) is 0 Å². The number of hydrogen-bond donors (Lipinski definition) is 1. The molecule has 0 aliphatic heterocycles. The SMILES string of the molecule is CCc1cc(=O)n(Cc2ccc(Br)cc2)[nH]1. The van der Waals surface area contributed by atoms with Gasteiger partial charge in [-0.25, -0.2) is 4.68 Å². The number of hydrogen-bond acceptors (Lipinski definition) is 1. The van der Waals surface area contributed by atoms with Crippen molar-refractivity contribution in [1.29, 1.82) is 0 Å². The van der Waals surface area contributed by atoms with E-state index in [1.165, 1.54) is 0 Å². The highest BCUT2D eigenvalue weighted by Crippen LogP contribution is 2.10. The van der Waals surface area contributed by atoms with Gasteiger partial charge in [0.05, 0.1) is 6.54 Å². The van der Waals surface area contributed by atoms with Crippen molar-refractivity contribution in [3.63, 3.8) is 0 Å². The summed E-state index contributed by atoms with van der Waals surface area (Å²) < 4.78 is 2.67. The lowest BCUT2D eigenvalue weighted by molar-refractivity contribution is 0.653. The zero-order chi connectivity index (χ0) is 11.5. The van der Waals surface area contributed by atoms with Gasteiger partial charge in [0, 0.05) is 16.2 Å². The van der Waals surface area contributed by atoms with Crippen molar-refractivity contribution in [1.82, 2.24) is 9.78 Å². The van der Waals surface area contributed by atoms with Crippen LogP contribution in [0.2, 0.25) is 0 Å². The van der Waals surface area contributed by atoms with Crippen molar-refractivity contribution in [3.05, 3.63) is 56.4 Å². The van der Waals surface area contributed by atoms with Crippen molar-refractivity contribution < 1.29 is 0 Å². The summed E-state index contributed by atoms with van der Waals surface area (Å²) in [7, 11) is 0. The van der Waals surface area contributed by atoms with Gasteiger partial charge in [-0.3, -0.25) is 9.89 Å². The second-order valence-corrected chi connectivity index (χ2v) is 4.60. The maximum Gasteiger partial charge on any atom is 0.267 e. The number of aromatic nitrogens is 2. The van der Waals surface area contributed by atoms with Gasteiger partial charge < -0.3 is 0 Å². The zero-order valence-electron chi connectivity index (χ0n) is 9.03. The second kappa shape index (κ2) is 4.70. The molecule has 0 saturated carbocycles. The summed E-state index contributed by atoms with van der Waals surface area (Å²) in [6.07, 6.45) is 0.850. The van der Waals surface area contributed by atoms with Crippen LogP contribution in [-0.2, 0) is 13.0 Å². The molecule has 0 unspecified atom stereocenters. The Morgan fingerprint density at radius 1 is 1.31 bits per heavy atom. The number of H-pyrrole nitrogens is 1. The third kappa shape index (κ3) is 2.44. The van der Waals surface area contributed by atoms with Crippen molar-refractivity contribution in [2.24, 2.45) is 0 Å². The number of nitrogens with one attached hydrogen (secondary N) is 1. The Labute approximate surface area is 102 Å². The molecule has 0 atom stereocenters. The molecule has 16 heavy (non-hydrogen) atoms. The standard InChI is InChI=1S/C12H13BrN2O/c1-2-11-7-12(16)15(14-11)8-9-3-5-10(13)6-4-9/h3-7,14H,2,8H2,1H3. The minimum absolute atomic E-state index is 0.0276. The third-order valence-electron chi connectivity index (χ3n) is 2.48. The van der Waals surface area contributed by atoms with E-state index in [-0.39, 0.29) is 5.56 Å². The van der Waals surface area contributed by atoms with Crippen LogP contribution in [0, 0.1) is 0 Å². The lowest BCUT2D eigenvalue weighted by Gasteiger charge is -2.02. The first kappa shape index (κ1) is 11.2. The van der Waals surface area contributed by atoms with E-state index in [2.05, 4.69) is 21.0 Å². The van der Waals surface area contributed by atoms with Crippen LogP contribution in [-0.4, -0.2) is 9.78 Å². The van der Waals surface area contributed by atoms with E-state index in [4.69, 9.17) is 0 Å². The quantitative estimate of drug-likeness (QED) is 0.922. The van der Waals surface area contributed by atoms with Gasteiger partial charge in [0.1, 0.15) is 0 Å². The number of nitrogens with zero attached hydrogens (tertiary/aromatic N) is 1. The largest absolute Gasteiger partial charge is 0.299 e. The third-order valence-corrected chi connectivity index (χ3v) is 3.01. The van der Waals surface area contributed by atoms with E-state index < -0.39 is 0 Å². The summed E-state index contributed by atoms with van der Waals surface area (Å²) in [6, 6.07) is 9.61. The van der Waals surface area contributed by atoms with Crippen LogP contribution >= 0.6 is 15.9 Å². The summed E-state index contributed by atoms with van der Waals surface area (Å²) in [5.74, 6) is 0. The van der Waals surface area contributed by atoms with Crippen LogP contribution in [0.15, 0.2) is 39.6 Å². The fourth-order valence-electron chi connectivity index (χ4n) is 1.56. The van der Waals surface area contributed by atoms with Crippen LogP contribution in [0.5, 0.6) is 0 Å². The lowest BCUT2D eigenvalue weighted by atomic mass is 10.2. The second-order valence-electron chi connectivity index (χ2n) is 3.69. The highest BCUT2D eigenvalue weighted by molar-refractivity contribution is 9.10. The maximum absolute atomic E-state index is 11.6. The van der Waals surface area contributed by atoms with E-state index >= 15 is 0 Å². The van der Waals surface area contributed by atoms with Gasteiger partial charge >= 0.3 is 0 Å². The summed E-state index contributed by atoms with van der Waals surface area (Å²) in [4.78, 5) is 11.6. The predicted molar refractivity (Wildman–Crippen MR) is 67.7 cm³/mol. The van der Waals surface area contributed by atoms with Gasteiger partial charge in [0.25, 0.3) is 5.56 Å². The Bertz CT molecular complexity index is 525. The molecule has 4 heteroatoms. The van der Waals surface area contributed by atoms with Crippen molar-refractivity contribution in [3.8, 4) is 0 Å². The summed E-state index contributed by atoms with van der Waals surface area (Å²) in [5.41, 5.74) is 2.11. The van der Waals surface area contributed by atoms with Crippen LogP contribution in [0.4, 0.5) is 0 Å². The molecule has 1 N–H and O–H groups in total. The van der Waals surface area contributed by atoms with Gasteiger partial charge in [-0.05, 0) is 24.1 Å². The normalized spacial score (nSPS) is 10.6. The molecule has 0 aliphatic carbocycles. The molecule has 1 aromatic carbocycles. The van der Waals surface area contributed by atoms with E-state index in [1.54, 1.807) is 10.7 Å². The summed E-state index contributed by atoms with van der Waals surface area (Å²) in [5, 5.41) is 3.09. The smallest absolute Gasteiger partial charge is 0.267 e. The highest BCUT2D eigenvalue weighted by atomic mass is 79.9. The number of halogens is 1. The molecule has 1 heterocycles. The van der Waals surface area contributed by atoms with Gasteiger partial charge in [-0.1, -0.05) is 35.0 Å². The zero-order valence-corrected chi connectivity index (χ0v) is 10.6. The molecule has 0 spiro atoms. The van der Waals surface area contributed by atoms with Crippen LogP contribution in [0.3, 0.4) is 0 Å². The average molecular weight is 281 g/mol. The highest BCUT2D eigenvalue weighted by Gasteiger charge is 2.02. The molecule has 3 nitrogen and oxygen atoms in total. The van der Waals surface area contributed by atoms with Crippen molar-refractivity contribution >= 4 is 15.9 Å². The number of benzene rings is 1. The van der Waals surface area contributed by atoms with E-state index in [1.807, 2.05) is 31.2 Å². The van der Waals surface area contributed by atoms with E-state index in [0.717, 1.165) is 22.2 Å². The van der Waals surface area contributed by atoms with Gasteiger partial charge in [0.2, 0.25) is 0 Å². The van der Waals surface area contributed by atoms with E-state index in [0.29, 0.717) is 6.54 Å². The molecule has 0 aliphatic rings. The van der Waals surface area contributed by atoms with Crippen LogP contribution in [0.25, 0.3) is 0 Å².